The van der Waals surface area contributed by atoms with Gasteiger partial charge in [-0.1, -0.05) is 57.2 Å². The lowest BCUT2D eigenvalue weighted by Gasteiger charge is -2.14. The minimum absolute atomic E-state index is 0.000925. The van der Waals surface area contributed by atoms with Crippen molar-refractivity contribution in [3.05, 3.63) is 116 Å². The number of para-hydroxylation sites is 1. The first-order valence-corrected chi connectivity index (χ1v) is 12.9. The maximum Gasteiger partial charge on any atom is 0.272 e. The standard InChI is InChI=1S/C27H24N4O5S/c1-27(2,3)24-20(28-16-36-24)15-22-26(33)29-21(25(32)30-22)14-18-13-17-9-7-8-12-23(17)31(18)37(34,35)19-10-5-4-6-11-19/h4-16H,1-3H3,(H,29,33)(H,30,32)/b21-14-,22-15-. The van der Waals surface area contributed by atoms with Gasteiger partial charge in [0.05, 0.1) is 16.1 Å². The first kappa shape index (κ1) is 24.3. The van der Waals surface area contributed by atoms with Crippen LogP contribution in [0.15, 0.2) is 86.0 Å². The van der Waals surface area contributed by atoms with E-state index in [2.05, 4.69) is 15.0 Å². The van der Waals surface area contributed by atoms with Crippen molar-refractivity contribution >= 4 is 33.1 Å². The Labute approximate surface area is 211 Å². The molecule has 0 aliphatic rings. The van der Waals surface area contributed by atoms with Crippen LogP contribution < -0.4 is 21.8 Å². The molecule has 0 spiro atoms. The largest absolute Gasteiger partial charge is 0.447 e. The molecular weight excluding hydrogens is 492 g/mol. The number of nitrogens with one attached hydrogen (secondary N) is 2. The summed E-state index contributed by atoms with van der Waals surface area (Å²) in [7, 11) is -4.00. The Morgan fingerprint density at radius 1 is 0.892 bits per heavy atom. The molecule has 0 saturated carbocycles. The number of nitrogens with zero attached hydrogens (tertiary/aromatic N) is 2. The topological polar surface area (TPSA) is 131 Å². The van der Waals surface area contributed by atoms with Crippen molar-refractivity contribution in [1.29, 1.82) is 0 Å². The minimum Gasteiger partial charge on any atom is -0.447 e. The Hall–Kier alpha value is -4.44. The van der Waals surface area contributed by atoms with Gasteiger partial charge in [0.25, 0.3) is 21.1 Å². The predicted octanol–water partition coefficient (Wildman–Crippen LogP) is 2.20. The van der Waals surface area contributed by atoms with Crippen LogP contribution >= 0.6 is 0 Å². The highest BCUT2D eigenvalue weighted by Gasteiger charge is 2.23. The smallest absolute Gasteiger partial charge is 0.272 e. The molecule has 10 heteroatoms. The Bertz CT molecular complexity index is 1970. The third kappa shape index (κ3) is 4.47. The molecule has 2 N–H and O–H groups in total. The molecule has 5 aromatic rings. The van der Waals surface area contributed by atoms with Crippen molar-refractivity contribution in [3.8, 4) is 0 Å². The number of hydrogen-bond donors (Lipinski definition) is 2. The zero-order valence-corrected chi connectivity index (χ0v) is 21.2. The lowest BCUT2D eigenvalue weighted by atomic mass is 9.92. The van der Waals surface area contributed by atoms with Crippen LogP contribution in [-0.4, -0.2) is 27.3 Å². The summed E-state index contributed by atoms with van der Waals surface area (Å²) in [6.07, 6.45) is 4.08. The van der Waals surface area contributed by atoms with E-state index < -0.39 is 21.1 Å². The average Bonchev–Trinajstić information content (AvgIpc) is 3.47. The SMILES string of the molecule is CC(C)(C)c1ocnc1/C=c1\[nH]c(=O)/c(=C/c2cc3ccccc3n2S(=O)(=O)c2ccccc2)[nH]c1=O. The van der Waals surface area contributed by atoms with Crippen LogP contribution in [0.1, 0.15) is 37.9 Å². The van der Waals surface area contributed by atoms with Crippen molar-refractivity contribution in [2.45, 2.75) is 31.1 Å². The number of fused-ring (bicyclic) bond motifs is 1. The fourth-order valence-electron chi connectivity index (χ4n) is 4.12. The van der Waals surface area contributed by atoms with Gasteiger partial charge in [-0.15, -0.1) is 0 Å². The summed E-state index contributed by atoms with van der Waals surface area (Å²) >= 11 is 0. The van der Waals surface area contributed by atoms with Gasteiger partial charge in [-0.2, -0.15) is 0 Å². The number of hydrogen-bond acceptors (Lipinski definition) is 6. The van der Waals surface area contributed by atoms with Gasteiger partial charge >= 0.3 is 0 Å². The Morgan fingerprint density at radius 3 is 2.19 bits per heavy atom. The lowest BCUT2D eigenvalue weighted by molar-refractivity contribution is 0.407. The molecule has 0 fully saturated rings. The van der Waals surface area contributed by atoms with E-state index in [1.54, 1.807) is 48.5 Å². The highest BCUT2D eigenvalue weighted by Crippen LogP contribution is 2.26. The van der Waals surface area contributed by atoms with Crippen LogP contribution in [0.2, 0.25) is 0 Å². The number of benzene rings is 2. The van der Waals surface area contributed by atoms with Crippen LogP contribution in [0, 0.1) is 0 Å². The van der Waals surface area contributed by atoms with Crippen molar-refractivity contribution < 1.29 is 12.8 Å². The molecule has 2 aromatic carbocycles. The third-order valence-corrected chi connectivity index (χ3v) is 7.57. The second-order valence-corrected chi connectivity index (χ2v) is 11.3. The van der Waals surface area contributed by atoms with Crippen LogP contribution in [-0.2, 0) is 15.4 Å². The summed E-state index contributed by atoms with van der Waals surface area (Å²) < 4.78 is 33.8. The molecule has 0 radical (unpaired) electrons. The van der Waals surface area contributed by atoms with E-state index in [1.807, 2.05) is 20.8 Å². The molecule has 5 rings (SSSR count). The fraction of sp³-hybridized carbons (Fsp3) is 0.148. The number of H-pyrrole nitrogens is 2. The maximum atomic E-state index is 13.6. The summed E-state index contributed by atoms with van der Waals surface area (Å²) in [6, 6.07) is 16.6. The number of aromatic amines is 2. The molecule has 0 amide bonds. The fourth-order valence-corrected chi connectivity index (χ4v) is 5.64. The van der Waals surface area contributed by atoms with Gasteiger partial charge in [-0.05, 0) is 36.4 Å². The van der Waals surface area contributed by atoms with E-state index in [-0.39, 0.29) is 26.7 Å². The summed E-state index contributed by atoms with van der Waals surface area (Å²) in [5.74, 6) is 0.569. The minimum atomic E-state index is -4.00. The van der Waals surface area contributed by atoms with Gasteiger partial charge in [-0.3, -0.25) is 9.59 Å². The normalized spacial score (nSPS) is 13.5. The van der Waals surface area contributed by atoms with Gasteiger partial charge in [0.2, 0.25) is 0 Å². The van der Waals surface area contributed by atoms with Crippen molar-refractivity contribution in [1.82, 2.24) is 18.9 Å². The molecule has 0 bridgehead atoms. The first-order chi connectivity index (χ1) is 17.6. The molecule has 188 valence electrons. The Kier molecular flexibility index (Phi) is 5.83. The van der Waals surface area contributed by atoms with Gasteiger partial charge < -0.3 is 14.4 Å². The van der Waals surface area contributed by atoms with Crippen LogP contribution in [0.4, 0.5) is 0 Å². The Balaban J connectivity index is 1.72. The predicted molar refractivity (Wildman–Crippen MR) is 140 cm³/mol. The van der Waals surface area contributed by atoms with E-state index in [0.717, 1.165) is 0 Å². The van der Waals surface area contributed by atoms with Crippen LogP contribution in [0.25, 0.3) is 23.1 Å². The molecule has 3 heterocycles. The third-order valence-electron chi connectivity index (χ3n) is 5.81. The molecule has 0 saturated heterocycles. The molecule has 37 heavy (non-hydrogen) atoms. The van der Waals surface area contributed by atoms with E-state index in [4.69, 9.17) is 4.42 Å². The van der Waals surface area contributed by atoms with Crippen molar-refractivity contribution in [3.63, 3.8) is 0 Å². The highest BCUT2D eigenvalue weighted by molar-refractivity contribution is 7.90. The van der Waals surface area contributed by atoms with Crippen LogP contribution in [0.5, 0.6) is 0 Å². The first-order valence-electron chi connectivity index (χ1n) is 11.5. The van der Waals surface area contributed by atoms with Gasteiger partial charge in [0.1, 0.15) is 22.2 Å². The zero-order chi connectivity index (χ0) is 26.4. The highest BCUT2D eigenvalue weighted by atomic mass is 32.2. The number of oxazole rings is 1. The number of rotatable bonds is 4. The Morgan fingerprint density at radius 2 is 1.51 bits per heavy atom. The summed E-state index contributed by atoms with van der Waals surface area (Å²) in [5.41, 5.74) is -0.431. The van der Waals surface area contributed by atoms with Gasteiger partial charge in [0.15, 0.2) is 6.39 Å². The summed E-state index contributed by atoms with van der Waals surface area (Å²) in [4.78, 5) is 35.3. The molecule has 0 aliphatic carbocycles. The van der Waals surface area contributed by atoms with E-state index in [1.165, 1.54) is 34.7 Å². The molecular formula is C27H24N4O5S. The lowest BCUT2D eigenvalue weighted by Crippen LogP contribution is -2.47. The molecule has 0 unspecified atom stereocenters. The van der Waals surface area contributed by atoms with Gasteiger partial charge in [-0.25, -0.2) is 17.4 Å². The summed E-state index contributed by atoms with van der Waals surface area (Å²) in [6.45, 7) is 5.83. The molecule has 0 aliphatic heterocycles. The van der Waals surface area contributed by atoms with E-state index >= 15 is 0 Å². The zero-order valence-electron chi connectivity index (χ0n) is 20.3. The second kappa shape index (κ2) is 8.90. The maximum absolute atomic E-state index is 13.6. The van der Waals surface area contributed by atoms with Crippen molar-refractivity contribution in [2.24, 2.45) is 0 Å². The second-order valence-electron chi connectivity index (χ2n) is 9.55. The summed E-state index contributed by atoms with van der Waals surface area (Å²) in [5, 5.41) is 0.572. The quantitative estimate of drug-likeness (QED) is 0.377. The molecule has 0 atom stereocenters. The van der Waals surface area contributed by atoms with Gasteiger partial charge in [0, 0.05) is 10.8 Å². The molecule has 3 aromatic heterocycles. The van der Waals surface area contributed by atoms with E-state index in [0.29, 0.717) is 22.4 Å². The van der Waals surface area contributed by atoms with Crippen LogP contribution in [0.3, 0.4) is 0 Å². The molecule has 9 nitrogen and oxygen atoms in total. The van der Waals surface area contributed by atoms with Crippen molar-refractivity contribution in [2.75, 3.05) is 0 Å². The average molecular weight is 517 g/mol. The van der Waals surface area contributed by atoms with E-state index in [9.17, 15) is 18.0 Å². The number of aromatic nitrogens is 4. The monoisotopic (exact) mass is 516 g/mol.